The minimum absolute atomic E-state index is 0.0847. The number of anilines is 2. The molecule has 1 aliphatic rings. The van der Waals surface area contributed by atoms with Crippen LogP contribution in [0.15, 0.2) is 53.1 Å². The van der Waals surface area contributed by atoms with Crippen LogP contribution in [0, 0.1) is 5.92 Å². The van der Waals surface area contributed by atoms with Crippen molar-refractivity contribution in [2.24, 2.45) is 5.92 Å². The predicted octanol–water partition coefficient (Wildman–Crippen LogP) is 3.78. The molecule has 0 radical (unpaired) electrons. The number of hydrogen-bond acceptors (Lipinski definition) is 8. The zero-order valence-corrected chi connectivity index (χ0v) is 18.6. The monoisotopic (exact) mass is 450 g/mol. The summed E-state index contributed by atoms with van der Waals surface area (Å²) in [4.78, 5) is 31.1. The number of nitrogens with one attached hydrogen (secondary N) is 1. The molecule has 1 saturated heterocycles. The van der Waals surface area contributed by atoms with Crippen LogP contribution in [0.1, 0.15) is 30.1 Å². The Morgan fingerprint density at radius 1 is 1.15 bits per heavy atom. The molecule has 9 nitrogen and oxygen atoms in total. The van der Waals surface area contributed by atoms with Crippen LogP contribution < -0.4 is 15.0 Å². The van der Waals surface area contributed by atoms with Crippen molar-refractivity contribution in [2.75, 3.05) is 37.0 Å². The molecule has 1 amide bonds. The van der Waals surface area contributed by atoms with Crippen molar-refractivity contribution in [3.63, 3.8) is 0 Å². The normalized spacial score (nSPS) is 15.7. The third-order valence-electron chi connectivity index (χ3n) is 5.49. The van der Waals surface area contributed by atoms with E-state index in [1.165, 1.54) is 0 Å². The SMILES string of the molecule is CCOC(=O)c1ccc(NC(=O)C2CCCN(c3nc(-c4ccc(OC)cc4)no3)C2)cc1. The van der Waals surface area contributed by atoms with Gasteiger partial charge in [0.05, 0.1) is 25.2 Å². The maximum atomic E-state index is 12.8. The fourth-order valence-corrected chi connectivity index (χ4v) is 3.71. The standard InChI is InChI=1S/C24H26N4O5/c1-3-32-23(30)17-6-10-19(11-7-17)25-22(29)18-5-4-14-28(15-18)24-26-21(27-33-24)16-8-12-20(31-2)13-9-16/h6-13,18H,3-5,14-15H2,1-2H3,(H,25,29). The first-order chi connectivity index (χ1) is 16.1. The van der Waals surface area contributed by atoms with Gasteiger partial charge in [0.15, 0.2) is 0 Å². The lowest BCUT2D eigenvalue weighted by Gasteiger charge is -2.30. The minimum atomic E-state index is -0.383. The first-order valence-corrected chi connectivity index (χ1v) is 10.9. The maximum Gasteiger partial charge on any atom is 0.338 e. The van der Waals surface area contributed by atoms with E-state index in [2.05, 4.69) is 15.5 Å². The Balaban J connectivity index is 1.37. The van der Waals surface area contributed by atoms with Crippen molar-refractivity contribution in [3.8, 4) is 17.1 Å². The van der Waals surface area contributed by atoms with Gasteiger partial charge in [-0.25, -0.2) is 4.79 Å². The second kappa shape index (κ2) is 10.2. The summed E-state index contributed by atoms with van der Waals surface area (Å²) in [5.41, 5.74) is 1.90. The molecule has 1 aliphatic heterocycles. The largest absolute Gasteiger partial charge is 0.497 e. The van der Waals surface area contributed by atoms with Crippen molar-refractivity contribution < 1.29 is 23.6 Å². The van der Waals surface area contributed by atoms with Gasteiger partial charge in [-0.3, -0.25) is 4.79 Å². The van der Waals surface area contributed by atoms with E-state index >= 15 is 0 Å². The molecule has 0 aliphatic carbocycles. The Bertz CT molecular complexity index is 1090. The van der Waals surface area contributed by atoms with Gasteiger partial charge in [-0.1, -0.05) is 5.16 Å². The van der Waals surface area contributed by atoms with E-state index in [9.17, 15) is 9.59 Å². The van der Waals surface area contributed by atoms with Crippen molar-refractivity contribution >= 4 is 23.6 Å². The summed E-state index contributed by atoms with van der Waals surface area (Å²) in [6.45, 7) is 3.30. The van der Waals surface area contributed by atoms with Crippen molar-refractivity contribution in [1.29, 1.82) is 0 Å². The zero-order chi connectivity index (χ0) is 23.2. The van der Waals surface area contributed by atoms with E-state index in [1.54, 1.807) is 38.3 Å². The molecule has 1 atom stereocenters. The molecule has 0 bridgehead atoms. The second-order valence-corrected chi connectivity index (χ2v) is 7.70. The first-order valence-electron chi connectivity index (χ1n) is 10.9. The third kappa shape index (κ3) is 5.31. The average Bonchev–Trinajstić information content (AvgIpc) is 3.35. The van der Waals surface area contributed by atoms with Crippen LogP contribution in [-0.2, 0) is 9.53 Å². The highest BCUT2D eigenvalue weighted by Gasteiger charge is 2.29. The zero-order valence-electron chi connectivity index (χ0n) is 18.6. The molecule has 172 valence electrons. The van der Waals surface area contributed by atoms with E-state index in [0.29, 0.717) is 36.2 Å². The smallest absolute Gasteiger partial charge is 0.338 e. The van der Waals surface area contributed by atoms with Crippen LogP contribution >= 0.6 is 0 Å². The third-order valence-corrected chi connectivity index (χ3v) is 5.49. The highest BCUT2D eigenvalue weighted by atomic mass is 16.5. The quantitative estimate of drug-likeness (QED) is 0.542. The van der Waals surface area contributed by atoms with Crippen LogP contribution in [0.25, 0.3) is 11.4 Å². The van der Waals surface area contributed by atoms with Gasteiger partial charge in [-0.05, 0) is 68.3 Å². The Kier molecular flexibility index (Phi) is 6.87. The molecule has 2 aromatic carbocycles. The number of piperidine rings is 1. The van der Waals surface area contributed by atoms with Gasteiger partial charge in [0.25, 0.3) is 0 Å². The van der Waals surface area contributed by atoms with E-state index < -0.39 is 0 Å². The highest BCUT2D eigenvalue weighted by molar-refractivity contribution is 5.94. The molecule has 1 fully saturated rings. The summed E-state index contributed by atoms with van der Waals surface area (Å²) >= 11 is 0. The number of rotatable bonds is 7. The lowest BCUT2D eigenvalue weighted by molar-refractivity contribution is -0.120. The number of hydrogen-bond donors (Lipinski definition) is 1. The molecule has 9 heteroatoms. The molecule has 33 heavy (non-hydrogen) atoms. The molecular formula is C24H26N4O5. The fraction of sp³-hybridized carbons (Fsp3) is 0.333. The lowest BCUT2D eigenvalue weighted by atomic mass is 9.97. The molecule has 1 N–H and O–H groups in total. The molecule has 1 aromatic heterocycles. The number of nitrogens with zero attached hydrogens (tertiary/aromatic N) is 3. The van der Waals surface area contributed by atoms with Gasteiger partial charge in [0.2, 0.25) is 11.7 Å². The molecular weight excluding hydrogens is 424 g/mol. The molecule has 2 heterocycles. The highest BCUT2D eigenvalue weighted by Crippen LogP contribution is 2.26. The maximum absolute atomic E-state index is 12.8. The van der Waals surface area contributed by atoms with Gasteiger partial charge in [0.1, 0.15) is 5.75 Å². The Morgan fingerprint density at radius 2 is 1.91 bits per heavy atom. The van der Waals surface area contributed by atoms with Crippen molar-refractivity contribution in [2.45, 2.75) is 19.8 Å². The number of benzene rings is 2. The average molecular weight is 450 g/mol. The first kappa shape index (κ1) is 22.3. The van der Waals surface area contributed by atoms with Crippen LogP contribution in [0.4, 0.5) is 11.7 Å². The van der Waals surface area contributed by atoms with E-state index in [-0.39, 0.29) is 17.8 Å². The second-order valence-electron chi connectivity index (χ2n) is 7.70. The Morgan fingerprint density at radius 3 is 2.61 bits per heavy atom. The summed E-state index contributed by atoms with van der Waals surface area (Å²) in [7, 11) is 1.61. The lowest BCUT2D eigenvalue weighted by Crippen LogP contribution is -2.41. The summed E-state index contributed by atoms with van der Waals surface area (Å²) < 4.78 is 15.6. The van der Waals surface area contributed by atoms with Crippen LogP contribution in [0.3, 0.4) is 0 Å². The van der Waals surface area contributed by atoms with Crippen molar-refractivity contribution in [3.05, 3.63) is 54.1 Å². The number of aromatic nitrogens is 2. The van der Waals surface area contributed by atoms with Crippen molar-refractivity contribution in [1.82, 2.24) is 10.1 Å². The number of carbonyl (C=O) groups is 2. The summed E-state index contributed by atoms with van der Waals surface area (Å²) in [5.74, 6) is 0.550. The molecule has 4 rings (SSSR count). The Labute approximate surface area is 191 Å². The number of esters is 1. The number of ether oxygens (including phenoxy) is 2. The summed E-state index contributed by atoms with van der Waals surface area (Å²) in [6, 6.07) is 14.5. The number of amides is 1. The Hall–Kier alpha value is -3.88. The minimum Gasteiger partial charge on any atom is -0.497 e. The van der Waals surface area contributed by atoms with E-state index in [4.69, 9.17) is 14.0 Å². The predicted molar refractivity (Wildman–Crippen MR) is 122 cm³/mol. The number of methoxy groups -OCH3 is 1. The van der Waals surface area contributed by atoms with Crippen LogP contribution in [0.5, 0.6) is 5.75 Å². The fourth-order valence-electron chi connectivity index (χ4n) is 3.71. The van der Waals surface area contributed by atoms with Gasteiger partial charge in [-0.2, -0.15) is 4.98 Å². The topological polar surface area (TPSA) is 107 Å². The van der Waals surface area contributed by atoms with E-state index in [1.807, 2.05) is 29.2 Å². The van der Waals surface area contributed by atoms with E-state index in [0.717, 1.165) is 30.7 Å². The van der Waals surface area contributed by atoms with Gasteiger partial charge in [0, 0.05) is 24.3 Å². The molecule has 0 saturated carbocycles. The van der Waals surface area contributed by atoms with Crippen LogP contribution in [-0.4, -0.2) is 48.8 Å². The summed E-state index contributed by atoms with van der Waals surface area (Å²) in [5, 5.41) is 7.01. The molecule has 1 unspecified atom stereocenters. The summed E-state index contributed by atoms with van der Waals surface area (Å²) in [6.07, 6.45) is 1.60. The number of carbonyl (C=O) groups excluding carboxylic acids is 2. The molecule has 3 aromatic rings. The van der Waals surface area contributed by atoms with Gasteiger partial charge >= 0.3 is 12.0 Å². The van der Waals surface area contributed by atoms with Gasteiger partial charge in [-0.15, -0.1) is 0 Å². The van der Waals surface area contributed by atoms with Crippen LogP contribution in [0.2, 0.25) is 0 Å². The van der Waals surface area contributed by atoms with Gasteiger partial charge < -0.3 is 24.2 Å². The molecule has 0 spiro atoms.